The van der Waals surface area contributed by atoms with Gasteiger partial charge in [-0.25, -0.2) is 0 Å². The fourth-order valence-corrected chi connectivity index (χ4v) is 2.90. The van der Waals surface area contributed by atoms with Crippen LogP contribution in [-0.4, -0.2) is 30.8 Å². The van der Waals surface area contributed by atoms with Crippen LogP contribution in [0.2, 0.25) is 0 Å². The zero-order chi connectivity index (χ0) is 13.7. The summed E-state index contributed by atoms with van der Waals surface area (Å²) in [4.78, 5) is 13.6. The largest absolute Gasteiger partial charge is 0.306 e. The molecule has 0 saturated heterocycles. The monoisotopic (exact) mass is 259 g/mol. The van der Waals surface area contributed by atoms with E-state index >= 15 is 0 Å². The summed E-state index contributed by atoms with van der Waals surface area (Å²) >= 11 is 0. The molecule has 0 unspecified atom stereocenters. The lowest BCUT2D eigenvalue weighted by Gasteiger charge is -2.26. The summed E-state index contributed by atoms with van der Waals surface area (Å²) in [7, 11) is 2.20. The molecular formula is C17H25NO. The highest BCUT2D eigenvalue weighted by Gasteiger charge is 2.19. The first-order valence-electron chi connectivity index (χ1n) is 7.39. The first-order chi connectivity index (χ1) is 9.13. The van der Waals surface area contributed by atoms with E-state index in [9.17, 15) is 4.79 Å². The third kappa shape index (κ3) is 4.79. The summed E-state index contributed by atoms with van der Waals surface area (Å²) in [6.07, 6.45) is 4.90. The van der Waals surface area contributed by atoms with E-state index < -0.39 is 0 Å². The Kier molecular flexibility index (Phi) is 5.15. The first kappa shape index (κ1) is 14.3. The number of Topliss-reactive ketones (excluding diaryl/α,β-unsaturated/α-hetero) is 1. The van der Waals surface area contributed by atoms with Crippen molar-refractivity contribution in [2.24, 2.45) is 5.92 Å². The van der Waals surface area contributed by atoms with Crippen LogP contribution in [0.25, 0.3) is 0 Å². The van der Waals surface area contributed by atoms with E-state index in [0.717, 1.165) is 51.1 Å². The number of carbonyl (C=O) groups excluding carboxylic acids is 1. The second-order valence-corrected chi connectivity index (χ2v) is 5.98. The molecule has 0 spiro atoms. The molecule has 19 heavy (non-hydrogen) atoms. The molecule has 104 valence electrons. The Bertz CT molecular complexity index is 417. The summed E-state index contributed by atoms with van der Waals surface area (Å²) in [6.45, 7) is 4.39. The number of carbonyl (C=O) groups is 1. The molecular weight excluding hydrogens is 234 g/mol. The quantitative estimate of drug-likeness (QED) is 0.809. The SMILES string of the molecule is Cc1cccc(CCN(C)CC2CCC(=O)CC2)c1. The second-order valence-electron chi connectivity index (χ2n) is 5.98. The predicted octanol–water partition coefficient (Wildman–Crippen LogP) is 3.23. The molecule has 2 rings (SSSR count). The van der Waals surface area contributed by atoms with E-state index in [4.69, 9.17) is 0 Å². The van der Waals surface area contributed by atoms with Gasteiger partial charge in [-0.3, -0.25) is 4.79 Å². The average molecular weight is 259 g/mol. The third-order valence-electron chi connectivity index (χ3n) is 4.10. The van der Waals surface area contributed by atoms with Crippen molar-refractivity contribution >= 4 is 5.78 Å². The Hall–Kier alpha value is -1.15. The van der Waals surface area contributed by atoms with E-state index in [-0.39, 0.29) is 0 Å². The van der Waals surface area contributed by atoms with Crippen molar-refractivity contribution < 1.29 is 4.79 Å². The van der Waals surface area contributed by atoms with Gasteiger partial charge in [-0.2, -0.15) is 0 Å². The van der Waals surface area contributed by atoms with Crippen molar-refractivity contribution in [3.8, 4) is 0 Å². The minimum absolute atomic E-state index is 0.457. The van der Waals surface area contributed by atoms with E-state index in [0.29, 0.717) is 5.78 Å². The maximum atomic E-state index is 11.2. The number of rotatable bonds is 5. The number of benzene rings is 1. The Morgan fingerprint density at radius 3 is 2.68 bits per heavy atom. The van der Waals surface area contributed by atoms with Crippen LogP contribution in [-0.2, 0) is 11.2 Å². The zero-order valence-corrected chi connectivity index (χ0v) is 12.2. The Morgan fingerprint density at radius 2 is 2.00 bits per heavy atom. The molecule has 0 amide bonds. The number of hydrogen-bond donors (Lipinski definition) is 0. The molecule has 1 aliphatic rings. The fraction of sp³-hybridized carbons (Fsp3) is 0.588. The van der Waals surface area contributed by atoms with Gasteiger partial charge in [-0.1, -0.05) is 29.8 Å². The normalized spacial score (nSPS) is 17.1. The van der Waals surface area contributed by atoms with Crippen LogP contribution in [0.3, 0.4) is 0 Å². The summed E-state index contributed by atoms with van der Waals surface area (Å²) in [5.74, 6) is 1.18. The number of likely N-dealkylation sites (N-methyl/N-ethyl adjacent to an activating group) is 1. The molecule has 0 atom stereocenters. The molecule has 0 aromatic heterocycles. The van der Waals surface area contributed by atoms with Crippen molar-refractivity contribution in [2.75, 3.05) is 20.1 Å². The Morgan fingerprint density at radius 1 is 1.26 bits per heavy atom. The number of aryl methyl sites for hydroxylation is 1. The predicted molar refractivity (Wildman–Crippen MR) is 79.3 cm³/mol. The van der Waals surface area contributed by atoms with Crippen LogP contribution in [0.1, 0.15) is 36.8 Å². The maximum absolute atomic E-state index is 11.2. The van der Waals surface area contributed by atoms with Crippen LogP contribution in [0.15, 0.2) is 24.3 Å². The number of hydrogen-bond acceptors (Lipinski definition) is 2. The lowest BCUT2D eigenvalue weighted by molar-refractivity contribution is -0.121. The second kappa shape index (κ2) is 6.85. The maximum Gasteiger partial charge on any atom is 0.132 e. The van der Waals surface area contributed by atoms with Gasteiger partial charge >= 0.3 is 0 Å². The highest BCUT2D eigenvalue weighted by Crippen LogP contribution is 2.22. The van der Waals surface area contributed by atoms with E-state index in [1.165, 1.54) is 11.1 Å². The van der Waals surface area contributed by atoms with Crippen LogP contribution < -0.4 is 0 Å². The summed E-state index contributed by atoms with van der Waals surface area (Å²) in [5.41, 5.74) is 2.76. The van der Waals surface area contributed by atoms with Crippen molar-refractivity contribution in [1.82, 2.24) is 4.90 Å². The van der Waals surface area contributed by atoms with Gasteiger partial charge in [0.15, 0.2) is 0 Å². The van der Waals surface area contributed by atoms with Crippen molar-refractivity contribution in [3.05, 3.63) is 35.4 Å². The smallest absolute Gasteiger partial charge is 0.132 e. The average Bonchev–Trinajstić information content (AvgIpc) is 2.39. The lowest BCUT2D eigenvalue weighted by Crippen LogP contribution is -2.30. The molecule has 2 heteroatoms. The molecule has 0 N–H and O–H groups in total. The molecule has 0 heterocycles. The number of nitrogens with zero attached hydrogens (tertiary/aromatic N) is 1. The molecule has 1 aromatic carbocycles. The van der Waals surface area contributed by atoms with Crippen LogP contribution in [0, 0.1) is 12.8 Å². The lowest BCUT2D eigenvalue weighted by atomic mass is 9.88. The zero-order valence-electron chi connectivity index (χ0n) is 12.2. The van der Waals surface area contributed by atoms with E-state index in [2.05, 4.69) is 43.1 Å². The van der Waals surface area contributed by atoms with Crippen LogP contribution in [0.5, 0.6) is 0 Å². The third-order valence-corrected chi connectivity index (χ3v) is 4.10. The topological polar surface area (TPSA) is 20.3 Å². The summed E-state index contributed by atoms with van der Waals surface area (Å²) in [6, 6.07) is 8.76. The number of ketones is 1. The Labute approximate surface area is 116 Å². The van der Waals surface area contributed by atoms with Crippen molar-refractivity contribution in [2.45, 2.75) is 39.0 Å². The minimum atomic E-state index is 0.457. The fourth-order valence-electron chi connectivity index (χ4n) is 2.90. The standard InChI is InChI=1S/C17H25NO/c1-14-4-3-5-15(12-14)10-11-18(2)13-16-6-8-17(19)9-7-16/h3-5,12,16H,6-11,13H2,1-2H3. The molecule has 0 aliphatic heterocycles. The molecule has 1 aromatic rings. The summed E-state index contributed by atoms with van der Waals surface area (Å²) < 4.78 is 0. The molecule has 1 saturated carbocycles. The molecule has 0 bridgehead atoms. The van der Waals surface area contributed by atoms with Gasteiger partial charge in [0.1, 0.15) is 5.78 Å². The van der Waals surface area contributed by atoms with Gasteiger partial charge < -0.3 is 4.90 Å². The highest BCUT2D eigenvalue weighted by atomic mass is 16.1. The van der Waals surface area contributed by atoms with Crippen molar-refractivity contribution in [1.29, 1.82) is 0 Å². The van der Waals surface area contributed by atoms with Crippen molar-refractivity contribution in [3.63, 3.8) is 0 Å². The van der Waals surface area contributed by atoms with Crippen LogP contribution >= 0.6 is 0 Å². The summed E-state index contributed by atoms with van der Waals surface area (Å²) in [5, 5.41) is 0. The van der Waals surface area contributed by atoms with Gasteiger partial charge in [0, 0.05) is 25.9 Å². The van der Waals surface area contributed by atoms with Gasteiger partial charge in [-0.05, 0) is 44.7 Å². The minimum Gasteiger partial charge on any atom is -0.306 e. The van der Waals surface area contributed by atoms with Crippen LogP contribution in [0.4, 0.5) is 0 Å². The highest BCUT2D eigenvalue weighted by molar-refractivity contribution is 5.79. The molecule has 2 nitrogen and oxygen atoms in total. The van der Waals surface area contributed by atoms with E-state index in [1.54, 1.807) is 0 Å². The van der Waals surface area contributed by atoms with Gasteiger partial charge in [0.25, 0.3) is 0 Å². The Balaban J connectivity index is 1.72. The molecule has 1 fully saturated rings. The molecule has 1 aliphatic carbocycles. The van der Waals surface area contributed by atoms with E-state index in [1.807, 2.05) is 0 Å². The van der Waals surface area contributed by atoms with Gasteiger partial charge in [0.2, 0.25) is 0 Å². The van der Waals surface area contributed by atoms with Gasteiger partial charge in [-0.15, -0.1) is 0 Å². The molecule has 0 radical (unpaired) electrons. The first-order valence-corrected chi connectivity index (χ1v) is 7.39. The van der Waals surface area contributed by atoms with Gasteiger partial charge in [0.05, 0.1) is 0 Å².